The summed E-state index contributed by atoms with van der Waals surface area (Å²) in [5.41, 5.74) is -2.40. The summed E-state index contributed by atoms with van der Waals surface area (Å²) in [5, 5.41) is 0. The second-order valence-electron chi connectivity index (χ2n) is 21.3. The number of carbonyl (C=O) groups is 1. The second-order valence-corrected chi connectivity index (χ2v) is 42.3. The summed E-state index contributed by atoms with van der Waals surface area (Å²) in [6.45, 7) is 9.57. The fourth-order valence-corrected chi connectivity index (χ4v) is 52.9. The molecule has 8 aliphatic carbocycles. The second kappa shape index (κ2) is 10.6. The molecule has 0 amide bonds. The van der Waals surface area contributed by atoms with Crippen LogP contribution in [-0.4, -0.2) is 71.0 Å². The van der Waals surface area contributed by atoms with Crippen LogP contribution < -0.4 is 0 Å². The van der Waals surface area contributed by atoms with Gasteiger partial charge in [-0.25, -0.2) is 0 Å². The molecule has 16 heteroatoms. The summed E-state index contributed by atoms with van der Waals surface area (Å²) in [7, 11) is -11.8. The molecule has 0 N–H and O–H groups in total. The average molecular weight is 818 g/mol. The van der Waals surface area contributed by atoms with E-state index in [9.17, 15) is 0 Å². The van der Waals surface area contributed by atoms with Gasteiger partial charge in [-0.05, 0) is 0 Å². The summed E-state index contributed by atoms with van der Waals surface area (Å²) >= 11 is 0. The number of hydrogen-bond acceptors (Lipinski definition) is 12. The monoisotopic (exact) mass is 817 g/mol. The Morgan fingerprint density at radius 1 is 0.453 bits per heavy atom. The molecule has 18 rings (SSSR count). The first-order chi connectivity index (χ1) is 25.4. The van der Waals surface area contributed by atoms with E-state index in [0.29, 0.717) is 83.1 Å². The van der Waals surface area contributed by atoms with Gasteiger partial charge in [-0.3, -0.25) is 0 Å². The molecule has 8 saturated carbocycles. The van der Waals surface area contributed by atoms with E-state index in [0.717, 1.165) is 75.0 Å². The van der Waals surface area contributed by atoms with E-state index in [4.69, 9.17) is 49.8 Å². The van der Waals surface area contributed by atoms with E-state index < -0.39 is 34.6 Å². The van der Waals surface area contributed by atoms with Crippen LogP contribution in [0, 0.1) is 75.4 Å². The van der Waals surface area contributed by atoms with Crippen molar-refractivity contribution in [2.75, 3.05) is 59.5 Å². The molecule has 0 radical (unpaired) electrons. The third-order valence-corrected chi connectivity index (χ3v) is 48.4. The number of fused-ring (bicyclic) bond motifs is 9. The van der Waals surface area contributed by atoms with E-state index in [-0.39, 0.29) is 34.1 Å². The Hall–Kier alpha value is 0.790. The van der Waals surface area contributed by atoms with Crippen molar-refractivity contribution in [2.45, 2.75) is 90.6 Å². The normalized spacial score (nSPS) is 63.8. The minimum atomic E-state index is -5.47. The van der Waals surface area contributed by atoms with Crippen LogP contribution in [-0.2, 0) is 54.6 Å². The van der Waals surface area contributed by atoms with E-state index in [1.807, 2.05) is 0 Å². The zero-order valence-electron chi connectivity index (χ0n) is 31.4. The third kappa shape index (κ3) is 3.90. The Balaban J connectivity index is 1.10. The van der Waals surface area contributed by atoms with Crippen molar-refractivity contribution in [2.24, 2.45) is 75.4 Å². The van der Waals surface area contributed by atoms with Gasteiger partial charge in [0.2, 0.25) is 0 Å². The van der Waals surface area contributed by atoms with Gasteiger partial charge < -0.3 is 0 Å². The molecule has 0 aromatic carbocycles. The van der Waals surface area contributed by atoms with Crippen molar-refractivity contribution in [3.63, 3.8) is 0 Å². The molecule has 53 heavy (non-hydrogen) atoms. The summed E-state index contributed by atoms with van der Waals surface area (Å²) in [6, 6.07) is 0. The zero-order valence-corrected chi connectivity index (χ0v) is 35.0. The fraction of sp³-hybridized carbons (Fsp3) is 0.973. The Kier molecular flexibility index (Phi) is 6.90. The molecular weight excluding hydrogens is 760 g/mol. The van der Waals surface area contributed by atoms with Gasteiger partial charge in [0, 0.05) is 0 Å². The molecule has 12 nitrogen and oxygen atoms in total. The van der Waals surface area contributed by atoms with Gasteiger partial charge in [0.25, 0.3) is 0 Å². The van der Waals surface area contributed by atoms with Crippen molar-refractivity contribution in [3.05, 3.63) is 0 Å². The van der Waals surface area contributed by atoms with Crippen LogP contribution in [0.4, 0.5) is 0 Å². The minimum absolute atomic E-state index is 0.0107. The molecule has 10 heterocycles. The summed E-state index contributed by atoms with van der Waals surface area (Å²) in [5.74, 6) is 4.04. The molecule has 18 fully saturated rings. The number of hydrogen-bond donors (Lipinski definition) is 0. The summed E-state index contributed by atoms with van der Waals surface area (Å²) < 4.78 is 80.8. The van der Waals surface area contributed by atoms with E-state index in [1.54, 1.807) is 0 Å². The van der Waals surface area contributed by atoms with Crippen LogP contribution in [0.3, 0.4) is 0 Å². The molecule has 0 aromatic heterocycles. The van der Waals surface area contributed by atoms with Gasteiger partial charge in [-0.2, -0.15) is 0 Å². The fourth-order valence-electron chi connectivity index (χ4n) is 14.8. The van der Waals surface area contributed by atoms with Gasteiger partial charge in [0.15, 0.2) is 0 Å². The standard InChI is InChI=1S/C37H57O12P4/c1-34-14-39-50(40-15-34,41-16-34)53(51-42-17-35(2,18-43-51)19-44-51,52-45-20-36(3,21-46-52)22-47-52)48-33(38)37(49-53,31-27-6-23-4-24(8-27)9-28(31)7-23)32-29-10-25-5-26(12-29)13-30(32)11-25/h23-32H,4-22H2,1-3H3/q+3. The number of rotatable bonds is 5. The number of carbonyl (C=O) groups excluding carboxylic acids is 1. The van der Waals surface area contributed by atoms with Crippen LogP contribution in [0.15, 0.2) is 0 Å². The van der Waals surface area contributed by atoms with Crippen molar-refractivity contribution < 1.29 is 54.6 Å². The van der Waals surface area contributed by atoms with Gasteiger partial charge in [-0.15, -0.1) is 0 Å². The first-order valence-corrected chi connectivity index (χ1v) is 29.6. The zero-order chi connectivity index (χ0) is 35.5. The quantitative estimate of drug-likeness (QED) is 0.246. The molecule has 0 aromatic rings. The van der Waals surface area contributed by atoms with Crippen LogP contribution in [0.1, 0.15) is 85.0 Å². The molecule has 294 valence electrons. The predicted molar refractivity (Wildman–Crippen MR) is 197 cm³/mol. The van der Waals surface area contributed by atoms with Crippen LogP contribution >= 0.6 is 29.0 Å². The van der Waals surface area contributed by atoms with E-state index in [1.165, 1.54) is 12.8 Å². The summed E-state index contributed by atoms with van der Waals surface area (Å²) in [4.78, 5) is 16.5. The van der Waals surface area contributed by atoms with E-state index >= 15 is 4.79 Å². The molecule has 14 bridgehead atoms. The van der Waals surface area contributed by atoms with Gasteiger partial charge >= 0.3 is 315 Å². The molecule has 18 aliphatic rings. The maximum absolute atomic E-state index is 16.5. The SMILES string of the molecule is CC12CO[P+](P3([P+]45OCC(C)(CO4)CO5)([P+]45OCC(C)(CO4)CO5)OC(=O)C(C4C5CC6CC(C5)CC4C6)(C4C5CC6CC(C5)CC4C6)O3)(OC1)OC2. The van der Waals surface area contributed by atoms with Crippen LogP contribution in [0.2, 0.25) is 0 Å². The Morgan fingerprint density at radius 2 is 0.717 bits per heavy atom. The molecule has 0 spiro atoms. The van der Waals surface area contributed by atoms with Crippen molar-refractivity contribution >= 4 is 35.0 Å². The Bertz CT molecular complexity index is 1390. The first kappa shape index (κ1) is 34.6. The van der Waals surface area contributed by atoms with Crippen molar-refractivity contribution in [3.8, 4) is 0 Å². The van der Waals surface area contributed by atoms with Gasteiger partial charge in [0.05, 0.1) is 0 Å². The molecule has 0 unspecified atom stereocenters. The van der Waals surface area contributed by atoms with Gasteiger partial charge in [0.1, 0.15) is 0 Å². The third-order valence-electron chi connectivity index (χ3n) is 16.8. The van der Waals surface area contributed by atoms with Crippen LogP contribution in [0.25, 0.3) is 0 Å². The topological polar surface area (TPSA) is 119 Å². The molecular formula is C37H57O12P4+3. The first-order valence-electron chi connectivity index (χ1n) is 20.8. The van der Waals surface area contributed by atoms with Crippen molar-refractivity contribution in [1.82, 2.24) is 0 Å². The predicted octanol–water partition coefficient (Wildman–Crippen LogP) is 9.11. The van der Waals surface area contributed by atoms with E-state index in [2.05, 4.69) is 20.8 Å². The Labute approximate surface area is 314 Å². The molecule has 10 aliphatic heterocycles. The maximum atomic E-state index is 16.5. The summed E-state index contributed by atoms with van der Waals surface area (Å²) in [6.07, 6.45) is 6.33. The Morgan fingerprint density at radius 3 is 0.981 bits per heavy atom. The molecule has 0 atom stereocenters. The van der Waals surface area contributed by atoms with Crippen molar-refractivity contribution in [1.29, 1.82) is 0 Å². The van der Waals surface area contributed by atoms with Crippen LogP contribution in [0.5, 0.6) is 0 Å². The molecule has 10 saturated heterocycles. The average Bonchev–Trinajstić information content (AvgIpc) is 3.45. The van der Waals surface area contributed by atoms with Gasteiger partial charge in [-0.1, -0.05) is 0 Å².